The van der Waals surface area contributed by atoms with Gasteiger partial charge < -0.3 is 10.0 Å². The van der Waals surface area contributed by atoms with Crippen LogP contribution in [-0.4, -0.2) is 54.3 Å². The molecule has 1 N–H and O–H groups in total. The van der Waals surface area contributed by atoms with Gasteiger partial charge in [0, 0.05) is 38.4 Å². The van der Waals surface area contributed by atoms with Crippen molar-refractivity contribution in [2.45, 2.75) is 19.3 Å². The molecule has 1 aromatic rings. The summed E-state index contributed by atoms with van der Waals surface area (Å²) in [4.78, 5) is 9.21. The van der Waals surface area contributed by atoms with Crippen molar-refractivity contribution in [2.24, 2.45) is 0 Å². The smallest absolute Gasteiger partial charge is 0.146 e. The lowest BCUT2D eigenvalue weighted by Crippen LogP contribution is -2.47. The number of aliphatic hydroxyl groups excluding tert-OH is 1. The zero-order valence-corrected chi connectivity index (χ0v) is 11.7. The Kier molecular flexibility index (Phi) is 3.86. The molecule has 0 amide bonds. The predicted molar refractivity (Wildman–Crippen MR) is 76.7 cm³/mol. The lowest BCUT2D eigenvalue weighted by atomic mass is 10.1. The number of nitrogens with zero attached hydrogens (tertiary/aromatic N) is 4. The van der Waals surface area contributed by atoms with Crippen LogP contribution in [0.1, 0.15) is 23.2 Å². The second-order valence-electron chi connectivity index (χ2n) is 5.48. The summed E-state index contributed by atoms with van der Waals surface area (Å²) in [7, 11) is 0. The van der Waals surface area contributed by atoms with Crippen molar-refractivity contribution in [3.8, 4) is 6.07 Å². The second kappa shape index (κ2) is 5.78. The van der Waals surface area contributed by atoms with Gasteiger partial charge in [0.05, 0.1) is 12.2 Å². The fourth-order valence-electron chi connectivity index (χ4n) is 3.11. The average Bonchev–Trinajstić information content (AvgIpc) is 2.94. The third-order valence-corrected chi connectivity index (χ3v) is 4.24. The molecule has 2 aliphatic rings. The quantitative estimate of drug-likeness (QED) is 0.871. The topological polar surface area (TPSA) is 63.4 Å². The summed E-state index contributed by atoms with van der Waals surface area (Å²) in [6.07, 6.45) is 3.25. The number of hydrogen-bond donors (Lipinski definition) is 1. The van der Waals surface area contributed by atoms with E-state index in [0.717, 1.165) is 57.8 Å². The van der Waals surface area contributed by atoms with E-state index in [1.165, 1.54) is 11.3 Å². The van der Waals surface area contributed by atoms with Gasteiger partial charge >= 0.3 is 0 Å². The maximum Gasteiger partial charge on any atom is 0.146 e. The monoisotopic (exact) mass is 272 g/mol. The van der Waals surface area contributed by atoms with Gasteiger partial charge in [-0.05, 0) is 30.9 Å². The average molecular weight is 272 g/mol. The number of aromatic nitrogens is 1. The Hall–Kier alpha value is -1.64. The predicted octanol–water partition coefficient (Wildman–Crippen LogP) is 0.556. The summed E-state index contributed by atoms with van der Waals surface area (Å²) in [5.74, 6) is 0.858. The van der Waals surface area contributed by atoms with E-state index in [4.69, 9.17) is 10.1 Å². The summed E-state index contributed by atoms with van der Waals surface area (Å²) in [6, 6.07) is 4.33. The maximum absolute atomic E-state index is 9.36. The van der Waals surface area contributed by atoms with Crippen LogP contribution in [0, 0.1) is 11.3 Å². The van der Waals surface area contributed by atoms with Gasteiger partial charge in [-0.15, -0.1) is 0 Å². The zero-order valence-electron chi connectivity index (χ0n) is 11.7. The minimum Gasteiger partial charge on any atom is -0.395 e. The van der Waals surface area contributed by atoms with E-state index < -0.39 is 0 Å². The number of rotatable bonds is 3. The van der Waals surface area contributed by atoms with E-state index in [9.17, 15) is 5.26 Å². The molecular formula is C15H20N4O. The third-order valence-electron chi connectivity index (χ3n) is 4.24. The number of pyridine rings is 1. The number of anilines is 1. The molecule has 5 nitrogen and oxygen atoms in total. The number of piperazine rings is 1. The van der Waals surface area contributed by atoms with Crippen LogP contribution in [0.15, 0.2) is 6.07 Å². The van der Waals surface area contributed by atoms with Gasteiger partial charge in [0.1, 0.15) is 11.9 Å². The van der Waals surface area contributed by atoms with E-state index >= 15 is 0 Å². The summed E-state index contributed by atoms with van der Waals surface area (Å²) < 4.78 is 0. The van der Waals surface area contributed by atoms with Gasteiger partial charge in [-0.1, -0.05) is 0 Å². The normalized spacial score (nSPS) is 18.9. The van der Waals surface area contributed by atoms with Gasteiger partial charge in [0.2, 0.25) is 0 Å². The molecule has 1 aliphatic heterocycles. The van der Waals surface area contributed by atoms with Crippen LogP contribution in [-0.2, 0) is 12.8 Å². The van der Waals surface area contributed by atoms with E-state index in [0.29, 0.717) is 5.56 Å². The van der Waals surface area contributed by atoms with Crippen molar-refractivity contribution in [3.05, 3.63) is 22.9 Å². The van der Waals surface area contributed by atoms with Gasteiger partial charge in [-0.3, -0.25) is 4.90 Å². The largest absolute Gasteiger partial charge is 0.395 e. The van der Waals surface area contributed by atoms with Crippen molar-refractivity contribution in [1.82, 2.24) is 9.88 Å². The molecule has 0 saturated carbocycles. The number of aliphatic hydroxyl groups is 1. The SMILES string of the molecule is N#Cc1cc2c(nc1N1CCN(CCO)CC1)CCC2. The van der Waals surface area contributed by atoms with Crippen molar-refractivity contribution >= 4 is 5.82 Å². The molecule has 106 valence electrons. The first kappa shape index (κ1) is 13.3. The lowest BCUT2D eigenvalue weighted by Gasteiger charge is -2.35. The third kappa shape index (κ3) is 2.49. The van der Waals surface area contributed by atoms with Gasteiger partial charge in [-0.2, -0.15) is 5.26 Å². The maximum atomic E-state index is 9.36. The Morgan fingerprint density at radius 3 is 2.75 bits per heavy atom. The lowest BCUT2D eigenvalue weighted by molar-refractivity contribution is 0.188. The number of aryl methyl sites for hydroxylation is 2. The first-order valence-corrected chi connectivity index (χ1v) is 7.33. The number of hydrogen-bond acceptors (Lipinski definition) is 5. The van der Waals surface area contributed by atoms with Gasteiger partial charge in [-0.25, -0.2) is 4.98 Å². The highest BCUT2D eigenvalue weighted by atomic mass is 16.3. The zero-order chi connectivity index (χ0) is 13.9. The number of β-amino-alcohol motifs (C(OH)–C–C–N with tert-alkyl or cyclic N) is 1. The molecule has 0 aromatic carbocycles. The van der Waals surface area contributed by atoms with Crippen LogP contribution in [0.3, 0.4) is 0 Å². The number of nitriles is 1. The highest BCUT2D eigenvalue weighted by Gasteiger charge is 2.23. The van der Waals surface area contributed by atoms with E-state index in [2.05, 4.69) is 15.9 Å². The van der Waals surface area contributed by atoms with E-state index in [-0.39, 0.29) is 6.61 Å². The highest BCUT2D eigenvalue weighted by molar-refractivity contribution is 5.57. The van der Waals surface area contributed by atoms with Gasteiger partial charge in [0.25, 0.3) is 0 Å². The molecule has 20 heavy (non-hydrogen) atoms. The Morgan fingerprint density at radius 2 is 2.05 bits per heavy atom. The van der Waals surface area contributed by atoms with E-state index in [1.807, 2.05) is 6.07 Å². The molecule has 2 heterocycles. The molecule has 1 aliphatic carbocycles. The molecule has 0 atom stereocenters. The van der Waals surface area contributed by atoms with Crippen molar-refractivity contribution < 1.29 is 5.11 Å². The molecule has 0 radical (unpaired) electrons. The van der Waals surface area contributed by atoms with Crippen LogP contribution in [0.25, 0.3) is 0 Å². The fraction of sp³-hybridized carbons (Fsp3) is 0.600. The Labute approximate surface area is 119 Å². The Bertz CT molecular complexity index is 529. The summed E-state index contributed by atoms with van der Waals surface area (Å²) in [5.41, 5.74) is 3.14. The molecular weight excluding hydrogens is 252 g/mol. The van der Waals surface area contributed by atoms with Crippen LogP contribution in [0.2, 0.25) is 0 Å². The van der Waals surface area contributed by atoms with Crippen molar-refractivity contribution in [3.63, 3.8) is 0 Å². The molecule has 1 fully saturated rings. The summed E-state index contributed by atoms with van der Waals surface area (Å²) >= 11 is 0. The molecule has 0 bridgehead atoms. The Morgan fingerprint density at radius 1 is 1.25 bits per heavy atom. The van der Waals surface area contributed by atoms with Crippen LogP contribution in [0.5, 0.6) is 0 Å². The van der Waals surface area contributed by atoms with Crippen molar-refractivity contribution in [2.75, 3.05) is 44.2 Å². The number of fused-ring (bicyclic) bond motifs is 1. The fourth-order valence-corrected chi connectivity index (χ4v) is 3.11. The van der Waals surface area contributed by atoms with Crippen molar-refractivity contribution in [1.29, 1.82) is 5.26 Å². The second-order valence-corrected chi connectivity index (χ2v) is 5.48. The Balaban J connectivity index is 1.79. The molecule has 1 aromatic heterocycles. The molecule has 0 unspecified atom stereocenters. The van der Waals surface area contributed by atoms with E-state index in [1.54, 1.807) is 0 Å². The standard InChI is InChI=1S/C15H20N4O/c16-11-13-10-12-2-1-3-14(12)17-15(13)19-6-4-18(5-7-19)8-9-20/h10,20H,1-9H2. The van der Waals surface area contributed by atoms with Crippen LogP contribution < -0.4 is 4.90 Å². The molecule has 5 heteroatoms. The van der Waals surface area contributed by atoms with Crippen LogP contribution in [0.4, 0.5) is 5.82 Å². The molecule has 0 spiro atoms. The first-order chi connectivity index (χ1) is 9.81. The summed E-state index contributed by atoms with van der Waals surface area (Å²) in [5, 5.41) is 18.3. The highest BCUT2D eigenvalue weighted by Crippen LogP contribution is 2.27. The minimum atomic E-state index is 0.209. The first-order valence-electron chi connectivity index (χ1n) is 7.33. The van der Waals surface area contributed by atoms with Crippen LogP contribution >= 0.6 is 0 Å². The minimum absolute atomic E-state index is 0.209. The van der Waals surface area contributed by atoms with Gasteiger partial charge in [0.15, 0.2) is 0 Å². The molecule has 3 rings (SSSR count). The molecule has 1 saturated heterocycles. The summed E-state index contributed by atoms with van der Waals surface area (Å²) in [6.45, 7) is 4.53.